The fourth-order valence-electron chi connectivity index (χ4n) is 1.43. The number of benzene rings is 1. The third-order valence-corrected chi connectivity index (χ3v) is 4.28. The molecule has 2 rings (SSSR count). The van der Waals surface area contributed by atoms with Crippen LogP contribution < -0.4 is 11.1 Å². The molecule has 1 aromatic heterocycles. The molecule has 2 aromatic rings. The number of carbonyl (C=O) groups is 1. The zero-order valence-electron chi connectivity index (χ0n) is 10.7. The lowest BCUT2D eigenvalue weighted by Crippen LogP contribution is -2.13. The Morgan fingerprint density at radius 3 is 3.00 bits per heavy atom. The first-order valence-corrected chi connectivity index (χ1v) is 7.58. The number of aromatic nitrogens is 2. The van der Waals surface area contributed by atoms with E-state index in [0.717, 1.165) is 10.2 Å². The van der Waals surface area contributed by atoms with E-state index in [-0.39, 0.29) is 11.6 Å². The summed E-state index contributed by atoms with van der Waals surface area (Å²) in [5.74, 6) is 0.738. The average molecular weight is 312 g/mol. The summed E-state index contributed by atoms with van der Waals surface area (Å²) in [5, 5.41) is 2.65. The van der Waals surface area contributed by atoms with Crippen LogP contribution in [-0.4, -0.2) is 21.0 Å². The zero-order chi connectivity index (χ0) is 14.5. The predicted molar refractivity (Wildman–Crippen MR) is 79.4 cm³/mol. The number of halogens is 1. The van der Waals surface area contributed by atoms with Crippen molar-refractivity contribution in [2.75, 3.05) is 16.8 Å². The highest BCUT2D eigenvalue weighted by Crippen LogP contribution is 2.22. The van der Waals surface area contributed by atoms with Crippen molar-refractivity contribution >= 4 is 40.6 Å². The van der Waals surface area contributed by atoms with E-state index in [9.17, 15) is 9.18 Å². The molecule has 1 aromatic carbocycles. The quantitative estimate of drug-likeness (QED) is 0.655. The smallest absolute Gasteiger partial charge is 0.225 e. The van der Waals surface area contributed by atoms with E-state index in [2.05, 4.69) is 14.7 Å². The number of hydrogen-bond donors (Lipinski definition) is 2. The molecule has 1 heterocycles. The Morgan fingerprint density at radius 2 is 2.35 bits per heavy atom. The highest BCUT2D eigenvalue weighted by molar-refractivity contribution is 8.00. The molecule has 1 amide bonds. The Bertz CT molecular complexity index is 617. The number of nitrogens with one attached hydrogen (secondary N) is 1. The molecule has 0 aliphatic heterocycles. The maximum Gasteiger partial charge on any atom is 0.225 e. The van der Waals surface area contributed by atoms with Crippen molar-refractivity contribution < 1.29 is 9.18 Å². The zero-order valence-corrected chi connectivity index (χ0v) is 12.4. The average Bonchev–Trinajstić information content (AvgIpc) is 2.79. The highest BCUT2D eigenvalue weighted by atomic mass is 32.2. The number of nitrogens with two attached hydrogens (primary N) is 1. The lowest BCUT2D eigenvalue weighted by Gasteiger charge is -2.07. The fourth-order valence-corrected chi connectivity index (χ4v) is 3.08. The molecule has 0 saturated carbocycles. The molecule has 0 aliphatic carbocycles. The molecule has 106 valence electrons. The maximum atomic E-state index is 12.9. The van der Waals surface area contributed by atoms with Gasteiger partial charge in [0, 0.05) is 12.2 Å². The number of rotatable bonds is 5. The molecule has 0 bridgehead atoms. The van der Waals surface area contributed by atoms with Crippen molar-refractivity contribution in [3.8, 4) is 0 Å². The summed E-state index contributed by atoms with van der Waals surface area (Å²) in [6, 6.07) is 3.88. The first-order valence-electron chi connectivity index (χ1n) is 5.82. The molecule has 0 spiro atoms. The van der Waals surface area contributed by atoms with Crippen molar-refractivity contribution in [3.63, 3.8) is 0 Å². The molecule has 0 saturated heterocycles. The van der Waals surface area contributed by atoms with Gasteiger partial charge in [0.05, 0.1) is 11.4 Å². The van der Waals surface area contributed by atoms with Crippen molar-refractivity contribution in [3.05, 3.63) is 29.8 Å². The van der Waals surface area contributed by atoms with Crippen molar-refractivity contribution in [1.29, 1.82) is 0 Å². The van der Waals surface area contributed by atoms with Crippen molar-refractivity contribution in [1.82, 2.24) is 9.36 Å². The summed E-state index contributed by atoms with van der Waals surface area (Å²) < 4.78 is 17.8. The summed E-state index contributed by atoms with van der Waals surface area (Å²) in [4.78, 5) is 15.9. The second-order valence-electron chi connectivity index (χ2n) is 3.99. The molecule has 3 N–H and O–H groups in total. The summed E-state index contributed by atoms with van der Waals surface area (Å²) in [6.07, 6.45) is 0.320. The van der Waals surface area contributed by atoms with E-state index in [4.69, 9.17) is 5.73 Å². The molecule has 5 nitrogen and oxygen atoms in total. The first kappa shape index (κ1) is 14.7. The number of carbonyl (C=O) groups excluding carboxylic acids is 1. The number of hydrogen-bond acceptors (Lipinski definition) is 6. The minimum Gasteiger partial charge on any atom is -0.397 e. The van der Waals surface area contributed by atoms with Gasteiger partial charge in [-0.25, -0.2) is 9.37 Å². The van der Waals surface area contributed by atoms with Crippen molar-refractivity contribution in [2.45, 2.75) is 17.7 Å². The fraction of sp³-hybridized carbons (Fsp3) is 0.250. The molecule has 0 fully saturated rings. The van der Waals surface area contributed by atoms with Gasteiger partial charge in [-0.05, 0) is 36.7 Å². The van der Waals surface area contributed by atoms with Crippen LogP contribution in [0.15, 0.2) is 22.5 Å². The van der Waals surface area contributed by atoms with Gasteiger partial charge in [-0.1, -0.05) is 11.8 Å². The predicted octanol–water partition coefficient (Wildman–Crippen LogP) is 2.69. The molecular weight excluding hydrogens is 299 g/mol. The van der Waals surface area contributed by atoms with Crippen LogP contribution in [0.1, 0.15) is 12.2 Å². The number of thioether (sulfide) groups is 1. The number of nitrogen functional groups attached to an aromatic ring is 1. The van der Waals surface area contributed by atoms with Crippen LogP contribution >= 0.6 is 23.3 Å². The van der Waals surface area contributed by atoms with Gasteiger partial charge in [-0.3, -0.25) is 4.79 Å². The summed E-state index contributed by atoms with van der Waals surface area (Å²) >= 11 is 2.80. The van der Waals surface area contributed by atoms with E-state index in [1.165, 1.54) is 41.5 Å². The molecule has 0 aliphatic rings. The molecule has 0 unspecified atom stereocenters. The second-order valence-corrected chi connectivity index (χ2v) is 6.08. The normalized spacial score (nSPS) is 10.5. The largest absolute Gasteiger partial charge is 0.397 e. The Morgan fingerprint density at radius 1 is 1.55 bits per heavy atom. The third kappa shape index (κ3) is 4.17. The molecule has 0 atom stereocenters. The van der Waals surface area contributed by atoms with E-state index < -0.39 is 5.82 Å². The van der Waals surface area contributed by atoms with Gasteiger partial charge in [0.1, 0.15) is 11.6 Å². The van der Waals surface area contributed by atoms with E-state index in [0.29, 0.717) is 17.9 Å². The number of anilines is 2. The minimum absolute atomic E-state index is 0.169. The maximum absolute atomic E-state index is 12.9. The van der Waals surface area contributed by atoms with Gasteiger partial charge in [-0.15, -0.1) is 0 Å². The lowest BCUT2D eigenvalue weighted by atomic mass is 10.2. The van der Waals surface area contributed by atoms with E-state index >= 15 is 0 Å². The van der Waals surface area contributed by atoms with Gasteiger partial charge in [0.25, 0.3) is 0 Å². The highest BCUT2D eigenvalue weighted by Gasteiger charge is 2.07. The van der Waals surface area contributed by atoms with Crippen LogP contribution in [0.5, 0.6) is 0 Å². The van der Waals surface area contributed by atoms with Gasteiger partial charge in [-0.2, -0.15) is 4.37 Å². The lowest BCUT2D eigenvalue weighted by molar-refractivity contribution is -0.115. The van der Waals surface area contributed by atoms with Crippen LogP contribution in [0.3, 0.4) is 0 Å². The number of aryl methyl sites for hydroxylation is 1. The molecule has 20 heavy (non-hydrogen) atoms. The summed E-state index contributed by atoms with van der Waals surface area (Å²) in [7, 11) is 0. The SMILES string of the molecule is Cc1nsc(SCCC(=O)Nc2ccc(F)cc2N)n1. The van der Waals surface area contributed by atoms with Gasteiger partial charge in [0.2, 0.25) is 5.91 Å². The van der Waals surface area contributed by atoms with Crippen LogP contribution in [0, 0.1) is 12.7 Å². The Labute approximate surface area is 124 Å². The van der Waals surface area contributed by atoms with E-state index in [1.54, 1.807) is 0 Å². The summed E-state index contributed by atoms with van der Waals surface area (Å²) in [5.41, 5.74) is 6.25. The molecular formula is C12H13FN4OS2. The monoisotopic (exact) mass is 312 g/mol. The van der Waals surface area contributed by atoms with Crippen LogP contribution in [-0.2, 0) is 4.79 Å². The van der Waals surface area contributed by atoms with Crippen LogP contribution in [0.25, 0.3) is 0 Å². The molecule has 8 heteroatoms. The second kappa shape index (κ2) is 6.67. The van der Waals surface area contributed by atoms with Gasteiger partial charge >= 0.3 is 0 Å². The van der Waals surface area contributed by atoms with E-state index in [1.807, 2.05) is 6.92 Å². The third-order valence-electron chi connectivity index (χ3n) is 2.35. The van der Waals surface area contributed by atoms with Gasteiger partial charge in [0.15, 0.2) is 4.34 Å². The number of nitrogens with zero attached hydrogens (tertiary/aromatic N) is 2. The standard InChI is InChI=1S/C12H13FN4OS2/c1-7-15-12(20-17-7)19-5-4-11(18)16-10-3-2-8(13)6-9(10)14/h2-3,6H,4-5,14H2,1H3,(H,16,18). The number of amides is 1. The first-order chi connectivity index (χ1) is 9.54. The summed E-state index contributed by atoms with van der Waals surface area (Å²) in [6.45, 7) is 1.82. The Kier molecular flexibility index (Phi) is 4.91. The van der Waals surface area contributed by atoms with Crippen LogP contribution in [0.4, 0.5) is 15.8 Å². The topological polar surface area (TPSA) is 80.9 Å². The Balaban J connectivity index is 1.80. The Hall–Kier alpha value is -1.67. The minimum atomic E-state index is -0.428. The van der Waals surface area contributed by atoms with Gasteiger partial charge < -0.3 is 11.1 Å². The van der Waals surface area contributed by atoms with Crippen molar-refractivity contribution in [2.24, 2.45) is 0 Å². The van der Waals surface area contributed by atoms with Crippen LogP contribution in [0.2, 0.25) is 0 Å². The molecule has 0 radical (unpaired) electrons.